The fraction of sp³-hybridized carbons (Fsp3) is 0.500. The van der Waals surface area contributed by atoms with Gasteiger partial charge in [-0.05, 0) is 19.8 Å². The Kier molecular flexibility index (Phi) is 2.65. The molecule has 0 radical (unpaired) electrons. The molecule has 70 valence electrons. The van der Waals surface area contributed by atoms with E-state index in [1.165, 1.54) is 36.9 Å². The Hall–Kier alpha value is -0.820. The van der Waals surface area contributed by atoms with Gasteiger partial charge in [0.2, 0.25) is 0 Å². The van der Waals surface area contributed by atoms with E-state index in [4.69, 9.17) is 0 Å². The minimum atomic E-state index is 0.730. The van der Waals surface area contributed by atoms with Crippen LogP contribution in [0, 0.1) is 6.92 Å². The fourth-order valence-corrected chi connectivity index (χ4v) is 2.15. The lowest BCUT2D eigenvalue weighted by Gasteiger charge is -2.20. The van der Waals surface area contributed by atoms with Gasteiger partial charge in [0, 0.05) is 12.0 Å². The first-order valence-electron chi connectivity index (χ1n) is 5.26. The van der Waals surface area contributed by atoms with Crippen molar-refractivity contribution in [1.29, 1.82) is 0 Å². The number of quaternary nitrogens is 1. The van der Waals surface area contributed by atoms with E-state index in [0.717, 1.165) is 6.04 Å². The summed E-state index contributed by atoms with van der Waals surface area (Å²) in [5.74, 6) is 0. The van der Waals surface area contributed by atoms with Crippen molar-refractivity contribution in [3.63, 3.8) is 0 Å². The van der Waals surface area contributed by atoms with Crippen molar-refractivity contribution in [2.75, 3.05) is 6.54 Å². The predicted octanol–water partition coefficient (Wildman–Crippen LogP) is 1.78. The van der Waals surface area contributed by atoms with Gasteiger partial charge in [0.15, 0.2) is 0 Å². The molecular formula is C12H18N+. The van der Waals surface area contributed by atoms with Crippen LogP contribution in [0.4, 0.5) is 0 Å². The summed E-state index contributed by atoms with van der Waals surface area (Å²) in [5, 5.41) is 2.48. The van der Waals surface area contributed by atoms with Crippen LogP contribution in [0.3, 0.4) is 0 Å². The zero-order valence-corrected chi connectivity index (χ0v) is 8.29. The van der Waals surface area contributed by atoms with Gasteiger partial charge >= 0.3 is 0 Å². The quantitative estimate of drug-likeness (QED) is 0.672. The molecule has 13 heavy (non-hydrogen) atoms. The first-order chi connectivity index (χ1) is 6.36. The van der Waals surface area contributed by atoms with E-state index in [2.05, 4.69) is 36.5 Å². The first kappa shape index (κ1) is 8.76. The van der Waals surface area contributed by atoms with Gasteiger partial charge in [0.1, 0.15) is 6.04 Å². The maximum Gasteiger partial charge on any atom is 0.112 e. The molecule has 0 aromatic heterocycles. The molecule has 1 aromatic rings. The molecule has 1 heteroatoms. The summed E-state index contributed by atoms with van der Waals surface area (Å²) >= 11 is 0. The van der Waals surface area contributed by atoms with Crippen molar-refractivity contribution in [1.82, 2.24) is 0 Å². The van der Waals surface area contributed by atoms with Crippen LogP contribution in [0.5, 0.6) is 0 Å². The molecule has 1 saturated heterocycles. The average Bonchev–Trinajstić information content (AvgIpc) is 2.19. The highest BCUT2D eigenvalue weighted by atomic mass is 14.9. The Labute approximate surface area is 80.2 Å². The van der Waals surface area contributed by atoms with Crippen LogP contribution in [0.25, 0.3) is 0 Å². The van der Waals surface area contributed by atoms with Crippen molar-refractivity contribution >= 4 is 0 Å². The van der Waals surface area contributed by atoms with Gasteiger partial charge in [0.05, 0.1) is 6.54 Å². The lowest BCUT2D eigenvalue weighted by Crippen LogP contribution is -2.86. The molecule has 0 bridgehead atoms. The summed E-state index contributed by atoms with van der Waals surface area (Å²) in [7, 11) is 0. The van der Waals surface area contributed by atoms with E-state index in [1.54, 1.807) is 0 Å². The van der Waals surface area contributed by atoms with E-state index in [1.807, 2.05) is 0 Å². The minimum absolute atomic E-state index is 0.730. The zero-order valence-electron chi connectivity index (χ0n) is 8.29. The highest BCUT2D eigenvalue weighted by Crippen LogP contribution is 2.18. The molecule has 0 amide bonds. The van der Waals surface area contributed by atoms with Crippen LogP contribution in [-0.4, -0.2) is 6.54 Å². The van der Waals surface area contributed by atoms with Gasteiger partial charge < -0.3 is 5.32 Å². The highest BCUT2D eigenvalue weighted by molar-refractivity contribution is 5.23. The molecule has 2 N–H and O–H groups in total. The first-order valence-corrected chi connectivity index (χ1v) is 5.26. The lowest BCUT2D eigenvalue weighted by atomic mass is 9.96. The number of benzene rings is 1. The van der Waals surface area contributed by atoms with Gasteiger partial charge in [-0.3, -0.25) is 0 Å². The third-order valence-corrected chi connectivity index (χ3v) is 2.89. The predicted molar refractivity (Wildman–Crippen MR) is 54.6 cm³/mol. The number of piperidine rings is 1. The molecule has 0 spiro atoms. The topological polar surface area (TPSA) is 16.6 Å². The van der Waals surface area contributed by atoms with Crippen molar-refractivity contribution in [3.8, 4) is 0 Å². The molecular weight excluding hydrogens is 158 g/mol. The molecule has 1 aliphatic rings. The Bertz CT molecular complexity index is 274. The van der Waals surface area contributed by atoms with Crippen molar-refractivity contribution in [3.05, 3.63) is 35.4 Å². The van der Waals surface area contributed by atoms with Crippen molar-refractivity contribution in [2.45, 2.75) is 32.2 Å². The van der Waals surface area contributed by atoms with Gasteiger partial charge in [-0.2, -0.15) is 0 Å². The average molecular weight is 176 g/mol. The largest absolute Gasteiger partial charge is 0.340 e. The van der Waals surface area contributed by atoms with E-state index >= 15 is 0 Å². The van der Waals surface area contributed by atoms with E-state index in [-0.39, 0.29) is 0 Å². The Morgan fingerprint density at radius 3 is 2.92 bits per heavy atom. The summed E-state index contributed by atoms with van der Waals surface area (Å²) in [6.07, 6.45) is 4.14. The SMILES string of the molecule is Cc1cccc([C@@H]2CCCC[NH2+]2)c1. The number of rotatable bonds is 1. The molecule has 0 unspecified atom stereocenters. The third kappa shape index (κ3) is 2.10. The van der Waals surface area contributed by atoms with Gasteiger partial charge in [0.25, 0.3) is 0 Å². The number of hydrogen-bond donors (Lipinski definition) is 1. The second-order valence-corrected chi connectivity index (χ2v) is 4.04. The summed E-state index contributed by atoms with van der Waals surface area (Å²) < 4.78 is 0. The molecule has 1 nitrogen and oxygen atoms in total. The molecule has 0 aliphatic carbocycles. The fourth-order valence-electron chi connectivity index (χ4n) is 2.15. The lowest BCUT2D eigenvalue weighted by molar-refractivity contribution is -0.704. The second-order valence-electron chi connectivity index (χ2n) is 4.04. The van der Waals surface area contributed by atoms with Crippen LogP contribution >= 0.6 is 0 Å². The molecule has 1 fully saturated rings. The standard InChI is InChI=1S/C12H17N/c1-10-5-4-6-11(9-10)12-7-2-3-8-13-12/h4-6,9,12-13H,2-3,7-8H2,1H3/p+1/t12-/m0/s1. The van der Waals surface area contributed by atoms with E-state index in [0.29, 0.717) is 0 Å². The van der Waals surface area contributed by atoms with Crippen molar-refractivity contribution in [2.24, 2.45) is 0 Å². The van der Waals surface area contributed by atoms with Crippen LogP contribution in [-0.2, 0) is 0 Å². The van der Waals surface area contributed by atoms with Gasteiger partial charge in [-0.15, -0.1) is 0 Å². The van der Waals surface area contributed by atoms with Crippen LogP contribution in [0.1, 0.15) is 36.4 Å². The molecule has 0 saturated carbocycles. The molecule has 1 heterocycles. The normalized spacial score (nSPS) is 23.0. The van der Waals surface area contributed by atoms with Crippen LogP contribution < -0.4 is 5.32 Å². The summed E-state index contributed by atoms with van der Waals surface area (Å²) in [6.45, 7) is 3.48. The van der Waals surface area contributed by atoms with Crippen LogP contribution in [0.15, 0.2) is 24.3 Å². The Morgan fingerprint density at radius 1 is 1.31 bits per heavy atom. The van der Waals surface area contributed by atoms with E-state index in [9.17, 15) is 0 Å². The smallest absolute Gasteiger partial charge is 0.112 e. The molecule has 2 rings (SSSR count). The van der Waals surface area contributed by atoms with Gasteiger partial charge in [-0.1, -0.05) is 29.8 Å². The summed E-state index contributed by atoms with van der Waals surface area (Å²) in [6, 6.07) is 9.67. The highest BCUT2D eigenvalue weighted by Gasteiger charge is 2.17. The van der Waals surface area contributed by atoms with Crippen LogP contribution in [0.2, 0.25) is 0 Å². The number of hydrogen-bond acceptors (Lipinski definition) is 0. The molecule has 1 aliphatic heterocycles. The maximum absolute atomic E-state index is 2.48. The summed E-state index contributed by atoms with van der Waals surface area (Å²) in [5.41, 5.74) is 2.90. The van der Waals surface area contributed by atoms with Crippen molar-refractivity contribution < 1.29 is 5.32 Å². The van der Waals surface area contributed by atoms with E-state index < -0.39 is 0 Å². The Morgan fingerprint density at radius 2 is 2.23 bits per heavy atom. The zero-order chi connectivity index (χ0) is 9.10. The second kappa shape index (κ2) is 3.93. The third-order valence-electron chi connectivity index (χ3n) is 2.89. The number of nitrogens with two attached hydrogens (primary N) is 1. The summed E-state index contributed by atoms with van der Waals surface area (Å²) in [4.78, 5) is 0. The minimum Gasteiger partial charge on any atom is -0.340 e. The van der Waals surface area contributed by atoms with Gasteiger partial charge in [-0.25, -0.2) is 0 Å². The molecule has 1 aromatic carbocycles. The number of aryl methyl sites for hydroxylation is 1. The molecule has 1 atom stereocenters. The Balaban J connectivity index is 2.14. The maximum atomic E-state index is 2.48. The monoisotopic (exact) mass is 176 g/mol.